The van der Waals surface area contributed by atoms with Crippen LogP contribution in [0.25, 0.3) is 11.6 Å². The molecule has 0 fully saturated rings. The van der Waals surface area contributed by atoms with Gasteiger partial charge in [0.25, 0.3) is 0 Å². The lowest BCUT2D eigenvalue weighted by molar-refractivity contribution is -0.00923. The lowest BCUT2D eigenvalue weighted by atomic mass is 9.97. The summed E-state index contributed by atoms with van der Waals surface area (Å²) in [5, 5.41) is 0. The first-order chi connectivity index (χ1) is 13.6. The van der Waals surface area contributed by atoms with Crippen LogP contribution >= 0.6 is 0 Å². The fourth-order valence-electron chi connectivity index (χ4n) is 3.21. The lowest BCUT2D eigenvalue weighted by Crippen LogP contribution is -2.24. The maximum absolute atomic E-state index is 6.07. The van der Waals surface area contributed by atoms with Gasteiger partial charge in [0.15, 0.2) is 23.0 Å². The van der Waals surface area contributed by atoms with Crippen LogP contribution in [-0.4, -0.2) is 48.9 Å². The van der Waals surface area contributed by atoms with Crippen LogP contribution in [0.1, 0.15) is 11.1 Å². The highest BCUT2D eigenvalue weighted by Crippen LogP contribution is 2.47. The minimum Gasteiger partial charge on any atom is -0.493 e. The summed E-state index contributed by atoms with van der Waals surface area (Å²) in [6.45, 7) is 0. The Morgan fingerprint density at radius 1 is 0.714 bits per heavy atom. The highest BCUT2D eigenvalue weighted by atomic mass is 16.7. The van der Waals surface area contributed by atoms with E-state index in [9.17, 15) is 0 Å². The van der Waals surface area contributed by atoms with Gasteiger partial charge >= 0.3 is 0 Å². The van der Waals surface area contributed by atoms with Crippen LogP contribution in [0.4, 0.5) is 0 Å². The topological polar surface area (TPSA) is 64.6 Å². The van der Waals surface area contributed by atoms with E-state index < -0.39 is 6.29 Å². The minimum absolute atomic E-state index is 0.497. The summed E-state index contributed by atoms with van der Waals surface area (Å²) in [6, 6.07) is 7.33. The summed E-state index contributed by atoms with van der Waals surface area (Å²) >= 11 is 0. The van der Waals surface area contributed by atoms with Crippen molar-refractivity contribution in [1.29, 1.82) is 0 Å². The van der Waals surface area contributed by atoms with Crippen molar-refractivity contribution in [1.82, 2.24) is 0 Å². The molecule has 0 saturated heterocycles. The molecule has 7 heteroatoms. The van der Waals surface area contributed by atoms with Crippen molar-refractivity contribution in [2.45, 2.75) is 6.29 Å². The van der Waals surface area contributed by atoms with Gasteiger partial charge in [0.05, 0.1) is 35.5 Å². The summed E-state index contributed by atoms with van der Waals surface area (Å²) < 4.78 is 38.9. The Kier molecular flexibility index (Phi) is 5.84. The van der Waals surface area contributed by atoms with Crippen molar-refractivity contribution in [3.63, 3.8) is 0 Å². The molecule has 0 amide bonds. The van der Waals surface area contributed by atoms with Gasteiger partial charge in [-0.05, 0) is 24.3 Å². The molecule has 1 aliphatic heterocycles. The third kappa shape index (κ3) is 3.29. The van der Waals surface area contributed by atoms with Crippen molar-refractivity contribution in [3.8, 4) is 34.5 Å². The summed E-state index contributed by atoms with van der Waals surface area (Å²) in [7, 11) is 9.47. The van der Waals surface area contributed by atoms with Crippen LogP contribution < -0.4 is 28.4 Å². The number of ether oxygens (including phenoxy) is 7. The van der Waals surface area contributed by atoms with Gasteiger partial charge in [-0.15, -0.1) is 0 Å². The zero-order valence-electron chi connectivity index (χ0n) is 16.8. The fraction of sp³-hybridized carbons (Fsp3) is 0.333. The predicted octanol–water partition coefficient (Wildman–Crippen LogP) is 3.64. The van der Waals surface area contributed by atoms with Crippen molar-refractivity contribution >= 4 is 11.6 Å². The monoisotopic (exact) mass is 388 g/mol. The van der Waals surface area contributed by atoms with Crippen LogP contribution in [0.3, 0.4) is 0 Å². The first kappa shape index (κ1) is 19.7. The van der Waals surface area contributed by atoms with Gasteiger partial charge in [-0.25, -0.2) is 0 Å². The molecule has 3 rings (SSSR count). The number of hydrogen-bond donors (Lipinski definition) is 0. The molecule has 0 aliphatic carbocycles. The molecule has 0 bridgehead atoms. The zero-order valence-corrected chi connectivity index (χ0v) is 16.8. The Morgan fingerprint density at radius 3 is 1.93 bits per heavy atom. The Hall–Kier alpha value is -3.06. The quantitative estimate of drug-likeness (QED) is 0.718. The molecule has 7 nitrogen and oxygen atoms in total. The highest BCUT2D eigenvalue weighted by Gasteiger charge is 2.29. The molecule has 1 aliphatic rings. The third-order valence-corrected chi connectivity index (χ3v) is 4.54. The maximum Gasteiger partial charge on any atom is 0.227 e. The van der Waals surface area contributed by atoms with Crippen molar-refractivity contribution in [2.75, 3.05) is 42.7 Å². The van der Waals surface area contributed by atoms with Crippen LogP contribution in [0, 0.1) is 0 Å². The number of rotatable bonds is 7. The smallest absolute Gasteiger partial charge is 0.227 e. The Labute approximate surface area is 164 Å². The standard InChI is InChI=1S/C21H24O7/c1-22-15-8-7-13(19(25-4)20(15)26-5)14-9-12-10-17(23-2)18(24-3)11-16(12)28-21(14)27-6/h7-11,21H,1-6H3. The van der Waals surface area contributed by atoms with Crippen molar-refractivity contribution < 1.29 is 33.2 Å². The molecular formula is C21H24O7. The molecule has 0 radical (unpaired) electrons. The predicted molar refractivity (Wildman–Crippen MR) is 105 cm³/mol. The summed E-state index contributed by atoms with van der Waals surface area (Å²) in [6.07, 6.45) is 1.33. The Balaban J connectivity index is 2.20. The summed E-state index contributed by atoms with van der Waals surface area (Å²) in [5.74, 6) is 3.42. The first-order valence-corrected chi connectivity index (χ1v) is 8.58. The van der Waals surface area contributed by atoms with Gasteiger partial charge in [0.2, 0.25) is 12.0 Å². The first-order valence-electron chi connectivity index (χ1n) is 8.58. The van der Waals surface area contributed by atoms with Gasteiger partial charge in [-0.1, -0.05) is 0 Å². The molecule has 28 heavy (non-hydrogen) atoms. The van der Waals surface area contributed by atoms with E-state index in [1.54, 1.807) is 48.7 Å². The van der Waals surface area contributed by atoms with Crippen LogP contribution in [0.2, 0.25) is 0 Å². The number of fused-ring (bicyclic) bond motifs is 1. The molecule has 1 unspecified atom stereocenters. The van der Waals surface area contributed by atoms with E-state index in [0.717, 1.165) is 16.7 Å². The molecule has 2 aromatic carbocycles. The number of hydrogen-bond acceptors (Lipinski definition) is 7. The van der Waals surface area contributed by atoms with Crippen LogP contribution in [0.15, 0.2) is 24.3 Å². The van der Waals surface area contributed by atoms with Gasteiger partial charge in [0, 0.05) is 29.9 Å². The largest absolute Gasteiger partial charge is 0.493 e. The normalized spacial score (nSPS) is 15.1. The second-order valence-electron chi connectivity index (χ2n) is 5.91. The molecule has 0 aromatic heterocycles. The van der Waals surface area contributed by atoms with Gasteiger partial charge in [-0.3, -0.25) is 0 Å². The third-order valence-electron chi connectivity index (χ3n) is 4.54. The molecule has 0 saturated carbocycles. The second-order valence-corrected chi connectivity index (χ2v) is 5.91. The highest BCUT2D eigenvalue weighted by molar-refractivity contribution is 5.90. The average molecular weight is 388 g/mol. The molecular weight excluding hydrogens is 364 g/mol. The van der Waals surface area contributed by atoms with Gasteiger partial charge in [0.1, 0.15) is 5.75 Å². The van der Waals surface area contributed by atoms with Gasteiger partial charge in [-0.2, -0.15) is 0 Å². The maximum atomic E-state index is 6.07. The molecule has 2 aromatic rings. The lowest BCUT2D eigenvalue weighted by Gasteiger charge is -2.28. The van der Waals surface area contributed by atoms with Gasteiger partial charge < -0.3 is 33.2 Å². The van der Waals surface area contributed by atoms with E-state index in [2.05, 4.69) is 0 Å². The minimum atomic E-state index is -0.641. The molecule has 0 N–H and O–H groups in total. The SMILES string of the molecule is COc1cc2c(cc1OC)OC(OC)C(c1ccc(OC)c(OC)c1OC)=C2. The molecule has 1 atom stereocenters. The molecule has 0 spiro atoms. The van der Waals surface area contributed by atoms with E-state index in [4.69, 9.17) is 33.2 Å². The fourth-order valence-corrected chi connectivity index (χ4v) is 3.21. The van der Waals surface area contributed by atoms with E-state index in [1.165, 1.54) is 0 Å². The van der Waals surface area contributed by atoms with E-state index in [-0.39, 0.29) is 0 Å². The van der Waals surface area contributed by atoms with E-state index in [1.807, 2.05) is 24.3 Å². The summed E-state index contributed by atoms with van der Waals surface area (Å²) in [5.41, 5.74) is 2.38. The number of methoxy groups -OCH3 is 6. The van der Waals surface area contributed by atoms with E-state index in [0.29, 0.717) is 34.5 Å². The van der Waals surface area contributed by atoms with Crippen LogP contribution in [0.5, 0.6) is 34.5 Å². The van der Waals surface area contributed by atoms with E-state index >= 15 is 0 Å². The Morgan fingerprint density at radius 2 is 1.36 bits per heavy atom. The Bertz CT molecular complexity index is 889. The summed E-state index contributed by atoms with van der Waals surface area (Å²) in [4.78, 5) is 0. The zero-order chi connectivity index (χ0) is 20.3. The van der Waals surface area contributed by atoms with Crippen LogP contribution in [-0.2, 0) is 4.74 Å². The van der Waals surface area contributed by atoms with Crippen molar-refractivity contribution in [2.24, 2.45) is 0 Å². The molecule has 1 heterocycles. The second kappa shape index (κ2) is 8.31. The molecule has 150 valence electrons. The average Bonchev–Trinajstić information content (AvgIpc) is 2.75. The van der Waals surface area contributed by atoms with Crippen molar-refractivity contribution in [3.05, 3.63) is 35.4 Å². The number of benzene rings is 2.